The smallest absolute Gasteiger partial charge is 0.341 e. The molecule has 1 aliphatic carbocycles. The fraction of sp³-hybridized carbons (Fsp3) is 0.917. The van der Waals surface area contributed by atoms with Crippen LogP contribution in [0, 0.1) is 5.92 Å². The molecule has 1 aliphatic heterocycles. The molecule has 1 saturated heterocycles. The second kappa shape index (κ2) is 3.70. The van der Waals surface area contributed by atoms with Crippen LogP contribution in [0.1, 0.15) is 33.1 Å². The van der Waals surface area contributed by atoms with Gasteiger partial charge >= 0.3 is 5.97 Å². The minimum absolute atomic E-state index is 0.0222. The van der Waals surface area contributed by atoms with Crippen LogP contribution in [0.5, 0.6) is 0 Å². The summed E-state index contributed by atoms with van der Waals surface area (Å²) in [4.78, 5) is 12.0. The van der Waals surface area contributed by atoms with E-state index in [1.54, 1.807) is 7.11 Å². The zero-order valence-corrected chi connectivity index (χ0v) is 10.4. The van der Waals surface area contributed by atoms with Crippen molar-refractivity contribution >= 4 is 5.97 Å². The van der Waals surface area contributed by atoms with E-state index in [0.29, 0.717) is 0 Å². The van der Waals surface area contributed by atoms with Gasteiger partial charge in [-0.3, -0.25) is 0 Å². The summed E-state index contributed by atoms with van der Waals surface area (Å²) in [5.74, 6) is -0.151. The molecule has 0 bridgehead atoms. The Balaban J connectivity index is 2.30. The normalized spacial score (nSPS) is 41.7. The topological polar surface area (TPSA) is 48.1 Å². The number of esters is 1. The van der Waals surface area contributed by atoms with E-state index in [1.807, 2.05) is 13.8 Å². The second-order valence-electron chi connectivity index (χ2n) is 4.99. The maximum atomic E-state index is 12.0. The van der Waals surface area contributed by atoms with Crippen LogP contribution in [0.2, 0.25) is 0 Å². The Morgan fingerprint density at radius 1 is 1.44 bits per heavy atom. The van der Waals surface area contributed by atoms with Gasteiger partial charge in [0.1, 0.15) is 5.60 Å². The van der Waals surface area contributed by atoms with Crippen molar-refractivity contribution in [1.82, 2.24) is 0 Å². The van der Waals surface area contributed by atoms with Gasteiger partial charge in [-0.05, 0) is 25.2 Å². The zero-order valence-electron chi connectivity index (χ0n) is 10.4. The van der Waals surface area contributed by atoms with E-state index in [1.165, 1.54) is 7.11 Å². The minimum Gasteiger partial charge on any atom is -0.467 e. The van der Waals surface area contributed by atoms with Crippen molar-refractivity contribution in [3.05, 3.63) is 0 Å². The van der Waals surface area contributed by atoms with Gasteiger partial charge in [-0.2, -0.15) is 0 Å². The molecule has 0 aromatic carbocycles. The molecule has 1 heterocycles. The number of ether oxygens (including phenoxy) is 3. The predicted octanol–water partition coefficient (Wildman–Crippen LogP) is 1.52. The lowest BCUT2D eigenvalue weighted by molar-refractivity contribution is -0.149. The Morgan fingerprint density at radius 2 is 2.12 bits per heavy atom. The number of hydrogen-bond donors (Lipinski definition) is 0. The van der Waals surface area contributed by atoms with E-state index in [0.717, 1.165) is 19.3 Å². The van der Waals surface area contributed by atoms with Gasteiger partial charge in [0.05, 0.1) is 13.2 Å². The third kappa shape index (κ3) is 1.20. The molecule has 3 unspecified atom stereocenters. The summed E-state index contributed by atoms with van der Waals surface area (Å²) in [7, 11) is 3.10. The summed E-state index contributed by atoms with van der Waals surface area (Å²) in [6, 6.07) is 0. The third-order valence-electron chi connectivity index (χ3n) is 4.05. The van der Waals surface area contributed by atoms with Gasteiger partial charge in [-0.15, -0.1) is 0 Å². The Bertz CT molecular complexity index is 301. The molecule has 92 valence electrons. The number of rotatable bonds is 3. The molecule has 16 heavy (non-hydrogen) atoms. The second-order valence-corrected chi connectivity index (χ2v) is 4.99. The summed E-state index contributed by atoms with van der Waals surface area (Å²) >= 11 is 0. The average Bonchev–Trinajstić information content (AvgIpc) is 2.76. The molecule has 4 nitrogen and oxygen atoms in total. The maximum Gasteiger partial charge on any atom is 0.341 e. The molecule has 0 N–H and O–H groups in total. The van der Waals surface area contributed by atoms with Crippen LogP contribution in [-0.4, -0.2) is 37.5 Å². The van der Waals surface area contributed by atoms with Crippen molar-refractivity contribution in [3.63, 3.8) is 0 Å². The highest BCUT2D eigenvalue weighted by molar-refractivity contribution is 5.85. The van der Waals surface area contributed by atoms with Crippen molar-refractivity contribution in [2.45, 2.75) is 50.4 Å². The van der Waals surface area contributed by atoms with Gasteiger partial charge in [0.15, 0.2) is 5.60 Å². The summed E-state index contributed by atoms with van der Waals surface area (Å²) in [5, 5.41) is 0. The van der Waals surface area contributed by atoms with E-state index >= 15 is 0 Å². The summed E-state index contributed by atoms with van der Waals surface area (Å²) in [6.07, 6.45) is 2.92. The first-order valence-electron chi connectivity index (χ1n) is 5.86. The molecule has 3 atom stereocenters. The lowest BCUT2D eigenvalue weighted by atomic mass is 9.81. The Kier molecular flexibility index (Phi) is 2.75. The van der Waals surface area contributed by atoms with Crippen LogP contribution >= 0.6 is 0 Å². The highest BCUT2D eigenvalue weighted by Crippen LogP contribution is 2.62. The monoisotopic (exact) mass is 228 g/mol. The van der Waals surface area contributed by atoms with Crippen LogP contribution in [0.15, 0.2) is 0 Å². The Morgan fingerprint density at radius 3 is 2.62 bits per heavy atom. The molecule has 4 heteroatoms. The van der Waals surface area contributed by atoms with Crippen LogP contribution in [-0.2, 0) is 19.0 Å². The first-order valence-corrected chi connectivity index (χ1v) is 5.86. The molecular formula is C12H20O4. The molecular weight excluding hydrogens is 208 g/mol. The summed E-state index contributed by atoms with van der Waals surface area (Å²) in [5.41, 5.74) is -1.21. The highest BCUT2D eigenvalue weighted by atomic mass is 16.7. The molecule has 0 aromatic rings. The minimum atomic E-state index is -0.779. The number of carbonyl (C=O) groups excluding carboxylic acids is 1. The maximum absolute atomic E-state index is 12.0. The number of methoxy groups -OCH3 is 2. The van der Waals surface area contributed by atoms with E-state index in [2.05, 4.69) is 0 Å². The molecule has 2 rings (SSSR count). The van der Waals surface area contributed by atoms with Crippen molar-refractivity contribution < 1.29 is 19.0 Å². The molecule has 0 amide bonds. The SMILES string of the molecule is COC(=O)C1(C(C)C)OC12CCCC2OC. The molecule has 2 aliphatic rings. The molecule has 0 radical (unpaired) electrons. The van der Waals surface area contributed by atoms with Crippen LogP contribution in [0.4, 0.5) is 0 Å². The average molecular weight is 228 g/mol. The van der Waals surface area contributed by atoms with Gasteiger partial charge < -0.3 is 14.2 Å². The lowest BCUT2D eigenvalue weighted by Gasteiger charge is -2.21. The molecule has 1 spiro atoms. The van der Waals surface area contributed by atoms with Gasteiger partial charge in [-0.25, -0.2) is 4.79 Å². The number of hydrogen-bond acceptors (Lipinski definition) is 4. The standard InChI is InChI=1S/C12H20O4/c1-8(2)12(10(13)15-4)11(16-12)7-5-6-9(11)14-3/h8-9H,5-7H2,1-4H3. The quantitative estimate of drug-likeness (QED) is 0.543. The van der Waals surface area contributed by atoms with Crippen LogP contribution < -0.4 is 0 Å². The van der Waals surface area contributed by atoms with Crippen LogP contribution in [0.25, 0.3) is 0 Å². The Hall–Kier alpha value is -0.610. The first-order chi connectivity index (χ1) is 7.55. The zero-order chi connectivity index (χ0) is 12.0. The Labute approximate surface area is 96.2 Å². The van der Waals surface area contributed by atoms with Gasteiger partial charge in [0.25, 0.3) is 0 Å². The largest absolute Gasteiger partial charge is 0.467 e. The predicted molar refractivity (Wildman–Crippen MR) is 58.0 cm³/mol. The fourth-order valence-electron chi connectivity index (χ4n) is 3.26. The molecule has 2 fully saturated rings. The van der Waals surface area contributed by atoms with E-state index in [4.69, 9.17) is 14.2 Å². The first kappa shape index (κ1) is 11.9. The van der Waals surface area contributed by atoms with E-state index in [-0.39, 0.29) is 18.0 Å². The van der Waals surface area contributed by atoms with Crippen molar-refractivity contribution in [2.24, 2.45) is 5.92 Å². The summed E-state index contributed by atoms with van der Waals surface area (Å²) < 4.78 is 16.2. The lowest BCUT2D eigenvalue weighted by Crippen LogP contribution is -2.44. The van der Waals surface area contributed by atoms with Gasteiger partial charge in [0, 0.05) is 7.11 Å². The fourth-order valence-corrected chi connectivity index (χ4v) is 3.26. The highest BCUT2D eigenvalue weighted by Gasteiger charge is 2.80. The van der Waals surface area contributed by atoms with Gasteiger partial charge in [0.2, 0.25) is 0 Å². The van der Waals surface area contributed by atoms with E-state index in [9.17, 15) is 4.79 Å². The number of epoxide rings is 1. The van der Waals surface area contributed by atoms with Gasteiger partial charge in [-0.1, -0.05) is 13.8 Å². The summed E-state index contributed by atoms with van der Waals surface area (Å²) in [6.45, 7) is 3.99. The van der Waals surface area contributed by atoms with E-state index < -0.39 is 11.2 Å². The van der Waals surface area contributed by atoms with Crippen LogP contribution in [0.3, 0.4) is 0 Å². The van der Waals surface area contributed by atoms with Crippen molar-refractivity contribution in [1.29, 1.82) is 0 Å². The number of carbonyl (C=O) groups is 1. The molecule has 1 saturated carbocycles. The molecule has 0 aromatic heterocycles. The van der Waals surface area contributed by atoms with Crippen molar-refractivity contribution in [3.8, 4) is 0 Å². The van der Waals surface area contributed by atoms with Crippen molar-refractivity contribution in [2.75, 3.05) is 14.2 Å². The third-order valence-corrected chi connectivity index (χ3v) is 4.05.